The van der Waals surface area contributed by atoms with Crippen molar-refractivity contribution >= 4 is 22.9 Å². The van der Waals surface area contributed by atoms with Gasteiger partial charge in [-0.3, -0.25) is 9.59 Å². The molecule has 0 amide bonds. The van der Waals surface area contributed by atoms with Gasteiger partial charge in [-0.15, -0.1) is 11.3 Å². The Morgan fingerprint density at radius 1 is 1.03 bits per heavy atom. The van der Waals surface area contributed by atoms with Gasteiger partial charge in [0.2, 0.25) is 0 Å². The lowest BCUT2D eigenvalue weighted by molar-refractivity contribution is -0.119. The van der Waals surface area contributed by atoms with Crippen molar-refractivity contribution in [2.24, 2.45) is 17.8 Å². The van der Waals surface area contributed by atoms with Crippen molar-refractivity contribution in [3.63, 3.8) is 0 Å². The van der Waals surface area contributed by atoms with Crippen LogP contribution in [-0.4, -0.2) is 21.5 Å². The summed E-state index contributed by atoms with van der Waals surface area (Å²) in [5.74, 6) is 3.00. The van der Waals surface area contributed by atoms with Crippen molar-refractivity contribution in [1.29, 1.82) is 0 Å². The van der Waals surface area contributed by atoms with E-state index in [9.17, 15) is 9.59 Å². The van der Waals surface area contributed by atoms with Crippen molar-refractivity contribution < 1.29 is 9.59 Å². The summed E-state index contributed by atoms with van der Waals surface area (Å²) in [7, 11) is 0. The Hall–Kier alpha value is -1.88. The van der Waals surface area contributed by atoms with Crippen LogP contribution in [0, 0.1) is 17.8 Å². The SMILES string of the molecule is O=C(CCC1CC1)c1c(CC(=O)C2CC2)sc2c1CC(Cc1ncccn1)CC2. The molecule has 2 heterocycles. The van der Waals surface area contributed by atoms with Crippen LogP contribution in [0.25, 0.3) is 0 Å². The van der Waals surface area contributed by atoms with E-state index in [1.54, 1.807) is 23.7 Å². The molecule has 0 N–H and O–H groups in total. The number of ketones is 2. The van der Waals surface area contributed by atoms with Crippen LogP contribution < -0.4 is 0 Å². The van der Waals surface area contributed by atoms with Crippen molar-refractivity contribution in [3.8, 4) is 0 Å². The maximum absolute atomic E-state index is 13.2. The number of rotatable bonds is 9. The van der Waals surface area contributed by atoms with Crippen LogP contribution in [0.2, 0.25) is 0 Å². The molecule has 29 heavy (non-hydrogen) atoms. The average molecular weight is 409 g/mol. The van der Waals surface area contributed by atoms with Gasteiger partial charge in [0.1, 0.15) is 11.6 Å². The van der Waals surface area contributed by atoms with E-state index in [0.717, 1.165) is 67.1 Å². The molecule has 2 saturated carbocycles. The molecule has 5 heteroatoms. The topological polar surface area (TPSA) is 59.9 Å². The van der Waals surface area contributed by atoms with Crippen LogP contribution in [0.15, 0.2) is 18.5 Å². The van der Waals surface area contributed by atoms with Gasteiger partial charge in [0.05, 0.1) is 0 Å². The van der Waals surface area contributed by atoms with Crippen LogP contribution in [0.4, 0.5) is 0 Å². The molecule has 0 saturated heterocycles. The highest BCUT2D eigenvalue weighted by molar-refractivity contribution is 7.12. The van der Waals surface area contributed by atoms with Crippen LogP contribution >= 0.6 is 11.3 Å². The molecule has 2 aromatic rings. The summed E-state index contributed by atoms with van der Waals surface area (Å²) < 4.78 is 0. The van der Waals surface area contributed by atoms with Crippen molar-refractivity contribution in [2.45, 2.75) is 70.6 Å². The minimum absolute atomic E-state index is 0.256. The van der Waals surface area contributed by atoms with E-state index < -0.39 is 0 Å². The first kappa shape index (κ1) is 19.1. The summed E-state index contributed by atoms with van der Waals surface area (Å²) in [6, 6.07) is 1.85. The lowest BCUT2D eigenvalue weighted by Gasteiger charge is -2.22. The first-order valence-corrected chi connectivity index (χ1v) is 11.9. The van der Waals surface area contributed by atoms with Gasteiger partial charge in [-0.05, 0) is 62.0 Å². The molecular weight excluding hydrogens is 380 g/mol. The molecule has 152 valence electrons. The molecule has 0 aromatic carbocycles. The van der Waals surface area contributed by atoms with Gasteiger partial charge in [-0.2, -0.15) is 0 Å². The fourth-order valence-corrected chi connectivity index (χ4v) is 5.98. The molecule has 2 aromatic heterocycles. The molecule has 3 aliphatic carbocycles. The van der Waals surface area contributed by atoms with Crippen molar-refractivity contribution in [2.75, 3.05) is 0 Å². The number of hydrogen-bond donors (Lipinski definition) is 0. The molecule has 0 bridgehead atoms. The molecule has 0 aliphatic heterocycles. The van der Waals surface area contributed by atoms with Crippen molar-refractivity contribution in [1.82, 2.24) is 9.97 Å². The van der Waals surface area contributed by atoms with Gasteiger partial charge in [0.25, 0.3) is 0 Å². The number of aromatic nitrogens is 2. The van der Waals surface area contributed by atoms with Gasteiger partial charge in [0.15, 0.2) is 5.78 Å². The van der Waals surface area contributed by atoms with Crippen LogP contribution in [0.5, 0.6) is 0 Å². The van der Waals surface area contributed by atoms with Crippen LogP contribution in [-0.2, 0) is 30.5 Å². The molecule has 5 rings (SSSR count). The Morgan fingerprint density at radius 2 is 1.83 bits per heavy atom. The van der Waals surface area contributed by atoms with E-state index in [1.165, 1.54) is 23.3 Å². The second kappa shape index (κ2) is 8.10. The van der Waals surface area contributed by atoms with Crippen LogP contribution in [0.1, 0.15) is 76.4 Å². The van der Waals surface area contributed by atoms with Crippen molar-refractivity contribution in [3.05, 3.63) is 45.2 Å². The fraction of sp³-hybridized carbons (Fsp3) is 0.583. The molecule has 1 unspecified atom stereocenters. The third-order valence-corrected chi connectivity index (χ3v) is 7.94. The molecule has 0 radical (unpaired) electrons. The van der Waals surface area contributed by atoms with E-state index in [0.29, 0.717) is 24.5 Å². The fourth-order valence-electron chi connectivity index (χ4n) is 4.60. The largest absolute Gasteiger partial charge is 0.299 e. The quantitative estimate of drug-likeness (QED) is 0.560. The lowest BCUT2D eigenvalue weighted by Crippen LogP contribution is -2.19. The van der Waals surface area contributed by atoms with Gasteiger partial charge in [-0.1, -0.05) is 12.8 Å². The maximum Gasteiger partial charge on any atom is 0.164 e. The maximum atomic E-state index is 13.2. The van der Waals surface area contributed by atoms with Crippen LogP contribution in [0.3, 0.4) is 0 Å². The van der Waals surface area contributed by atoms with E-state index in [2.05, 4.69) is 9.97 Å². The second-order valence-corrected chi connectivity index (χ2v) is 10.3. The van der Waals surface area contributed by atoms with Gasteiger partial charge in [-0.25, -0.2) is 9.97 Å². The number of carbonyl (C=O) groups excluding carboxylic acids is 2. The smallest absolute Gasteiger partial charge is 0.164 e. The summed E-state index contributed by atoms with van der Waals surface area (Å²) in [5.41, 5.74) is 2.18. The monoisotopic (exact) mass is 408 g/mol. The lowest BCUT2D eigenvalue weighted by atomic mass is 9.82. The number of fused-ring (bicyclic) bond motifs is 1. The predicted molar refractivity (Wildman–Crippen MR) is 113 cm³/mol. The minimum Gasteiger partial charge on any atom is -0.299 e. The molecule has 4 nitrogen and oxygen atoms in total. The molecule has 2 fully saturated rings. The highest BCUT2D eigenvalue weighted by atomic mass is 32.1. The second-order valence-electron chi connectivity index (χ2n) is 9.10. The van der Waals surface area contributed by atoms with Gasteiger partial charge >= 0.3 is 0 Å². The van der Waals surface area contributed by atoms with E-state index in [4.69, 9.17) is 0 Å². The number of Topliss-reactive ketones (excluding diaryl/α,β-unsaturated/α-hetero) is 2. The number of carbonyl (C=O) groups is 2. The predicted octanol–water partition coefficient (Wildman–Crippen LogP) is 4.78. The molecular formula is C24H28N2O2S. The normalized spacial score (nSPS) is 21.0. The summed E-state index contributed by atoms with van der Waals surface area (Å²) in [4.78, 5) is 37.0. The van der Waals surface area contributed by atoms with Gasteiger partial charge in [0, 0.05) is 52.9 Å². The molecule has 0 spiro atoms. The van der Waals surface area contributed by atoms with Gasteiger partial charge < -0.3 is 0 Å². The van der Waals surface area contributed by atoms with E-state index >= 15 is 0 Å². The Morgan fingerprint density at radius 3 is 2.55 bits per heavy atom. The average Bonchev–Trinajstić information content (AvgIpc) is 3.63. The zero-order valence-electron chi connectivity index (χ0n) is 16.9. The Balaban J connectivity index is 1.38. The third kappa shape index (κ3) is 4.50. The number of thiophene rings is 1. The molecule has 1 atom stereocenters. The molecule has 3 aliphatic rings. The first-order valence-electron chi connectivity index (χ1n) is 11.1. The zero-order valence-corrected chi connectivity index (χ0v) is 17.7. The summed E-state index contributed by atoms with van der Waals surface area (Å²) in [6.07, 6.45) is 14.3. The zero-order chi connectivity index (χ0) is 19.8. The third-order valence-electron chi connectivity index (χ3n) is 6.65. The summed E-state index contributed by atoms with van der Waals surface area (Å²) in [5, 5.41) is 0. The Kier molecular flexibility index (Phi) is 5.33. The Bertz CT molecular complexity index is 912. The Labute approximate surface area is 176 Å². The summed E-state index contributed by atoms with van der Waals surface area (Å²) in [6.45, 7) is 0. The highest BCUT2D eigenvalue weighted by Crippen LogP contribution is 2.41. The van der Waals surface area contributed by atoms with E-state index in [-0.39, 0.29) is 11.7 Å². The number of nitrogens with zero attached hydrogens (tertiary/aromatic N) is 2. The highest BCUT2D eigenvalue weighted by Gasteiger charge is 2.34. The number of aryl methyl sites for hydroxylation is 1. The number of hydrogen-bond acceptors (Lipinski definition) is 5. The first-order chi connectivity index (χ1) is 14.2. The van der Waals surface area contributed by atoms with E-state index in [1.807, 2.05) is 6.07 Å². The standard InChI is InChI=1S/C24H28N2O2S/c27-19(8-4-15-2-3-15)24-18-12-16(13-23-25-10-1-11-26-23)5-9-21(18)29-22(24)14-20(28)17-6-7-17/h1,10-11,15-17H,2-9,12-14H2. The summed E-state index contributed by atoms with van der Waals surface area (Å²) >= 11 is 1.75. The minimum atomic E-state index is 0.256.